The van der Waals surface area contributed by atoms with E-state index in [2.05, 4.69) is 15.9 Å². The second kappa shape index (κ2) is 4.71. The second-order valence-electron chi connectivity index (χ2n) is 2.59. The molecule has 0 saturated carbocycles. The van der Waals surface area contributed by atoms with Gasteiger partial charge in [-0.15, -0.1) is 11.6 Å². The van der Waals surface area contributed by atoms with Crippen LogP contribution in [0, 0.1) is 11.3 Å². The van der Waals surface area contributed by atoms with Crippen molar-refractivity contribution < 1.29 is 8.42 Å². The molecule has 0 fully saturated rings. The van der Waals surface area contributed by atoms with Crippen LogP contribution in [0.1, 0.15) is 11.1 Å². The molecule has 0 aliphatic rings. The van der Waals surface area contributed by atoms with Crippen molar-refractivity contribution in [1.82, 2.24) is 0 Å². The summed E-state index contributed by atoms with van der Waals surface area (Å²) >= 11 is 8.69. The van der Waals surface area contributed by atoms with Crippen LogP contribution in [0.5, 0.6) is 0 Å². The van der Waals surface area contributed by atoms with Gasteiger partial charge in [-0.05, 0) is 28.1 Å². The number of nitrogens with zero attached hydrogens (tertiary/aromatic N) is 1. The van der Waals surface area contributed by atoms with E-state index in [0.29, 0.717) is 11.1 Å². The highest BCUT2D eigenvalue weighted by Crippen LogP contribution is 2.31. The van der Waals surface area contributed by atoms with Gasteiger partial charge in [0.25, 0.3) is 9.05 Å². The highest BCUT2D eigenvalue weighted by molar-refractivity contribution is 9.10. The zero-order chi connectivity index (χ0) is 11.6. The molecule has 7 heteroatoms. The molecule has 0 bridgehead atoms. The Balaban J connectivity index is 3.59. The molecule has 1 aromatic rings. The predicted molar refractivity (Wildman–Crippen MR) is 61.5 cm³/mol. The lowest BCUT2D eigenvalue weighted by Gasteiger charge is -2.06. The molecule has 0 N–H and O–H groups in total. The van der Waals surface area contributed by atoms with Gasteiger partial charge in [-0.25, -0.2) is 8.42 Å². The number of benzene rings is 1. The molecule has 0 amide bonds. The summed E-state index contributed by atoms with van der Waals surface area (Å²) in [5.41, 5.74) is 0.738. The first-order valence-corrected chi connectivity index (χ1v) is 7.27. The zero-order valence-electron chi connectivity index (χ0n) is 7.17. The van der Waals surface area contributed by atoms with Gasteiger partial charge in [-0.1, -0.05) is 0 Å². The van der Waals surface area contributed by atoms with Gasteiger partial charge in [0, 0.05) is 26.6 Å². The van der Waals surface area contributed by atoms with Crippen LogP contribution in [-0.2, 0) is 14.9 Å². The molecular formula is C8H4BrCl2NO2S. The number of halogens is 3. The van der Waals surface area contributed by atoms with E-state index in [1.54, 1.807) is 0 Å². The number of nitriles is 1. The van der Waals surface area contributed by atoms with E-state index in [1.165, 1.54) is 12.1 Å². The minimum Gasteiger partial charge on any atom is -0.207 e. The van der Waals surface area contributed by atoms with Crippen molar-refractivity contribution in [3.8, 4) is 6.07 Å². The van der Waals surface area contributed by atoms with Crippen molar-refractivity contribution in [3.05, 3.63) is 27.7 Å². The van der Waals surface area contributed by atoms with Crippen LogP contribution in [0.2, 0.25) is 0 Å². The molecule has 3 nitrogen and oxygen atoms in total. The number of hydrogen-bond donors (Lipinski definition) is 0. The zero-order valence-corrected chi connectivity index (χ0v) is 11.1. The summed E-state index contributed by atoms with van der Waals surface area (Å²) in [6.07, 6.45) is 0. The number of rotatable bonds is 2. The maximum atomic E-state index is 11.1. The van der Waals surface area contributed by atoms with Gasteiger partial charge < -0.3 is 0 Å². The Labute approximate surface area is 105 Å². The maximum Gasteiger partial charge on any atom is 0.262 e. The largest absolute Gasteiger partial charge is 0.262 e. The Morgan fingerprint density at radius 1 is 1.47 bits per heavy atom. The van der Waals surface area contributed by atoms with Crippen LogP contribution in [0.15, 0.2) is 21.5 Å². The Morgan fingerprint density at radius 2 is 2.07 bits per heavy atom. The first kappa shape index (κ1) is 12.8. The fraction of sp³-hybridized carbons (Fsp3) is 0.125. The highest BCUT2D eigenvalue weighted by Gasteiger charge is 2.18. The quantitative estimate of drug-likeness (QED) is 0.619. The molecule has 0 radical (unpaired) electrons. The lowest BCUT2D eigenvalue weighted by Crippen LogP contribution is -1.97. The average Bonchev–Trinajstić information content (AvgIpc) is 2.15. The van der Waals surface area contributed by atoms with Crippen molar-refractivity contribution in [3.63, 3.8) is 0 Å². The number of hydrogen-bond acceptors (Lipinski definition) is 3. The van der Waals surface area contributed by atoms with E-state index in [1.807, 2.05) is 6.07 Å². The van der Waals surface area contributed by atoms with Crippen LogP contribution in [0.25, 0.3) is 0 Å². The second-order valence-corrected chi connectivity index (χ2v) is 6.18. The Hall–Kier alpha value is -0.280. The molecule has 0 saturated heterocycles. The van der Waals surface area contributed by atoms with Crippen LogP contribution in [0.4, 0.5) is 0 Å². The molecule has 15 heavy (non-hydrogen) atoms. The summed E-state index contributed by atoms with van der Waals surface area (Å²) in [6.45, 7) is 0. The van der Waals surface area contributed by atoms with Crippen molar-refractivity contribution >= 4 is 47.3 Å². The first-order valence-electron chi connectivity index (χ1n) is 3.64. The Kier molecular flexibility index (Phi) is 4.01. The van der Waals surface area contributed by atoms with E-state index in [9.17, 15) is 8.42 Å². The van der Waals surface area contributed by atoms with Gasteiger partial charge in [-0.3, -0.25) is 0 Å². The fourth-order valence-corrected chi connectivity index (χ4v) is 3.82. The SMILES string of the molecule is N#Cc1ccc(S(=O)(=O)Cl)c(Br)c1CCl. The van der Waals surface area contributed by atoms with Crippen LogP contribution < -0.4 is 0 Å². The third kappa shape index (κ3) is 2.64. The van der Waals surface area contributed by atoms with Crippen molar-refractivity contribution in [1.29, 1.82) is 5.26 Å². The van der Waals surface area contributed by atoms with E-state index < -0.39 is 9.05 Å². The average molecular weight is 329 g/mol. The van der Waals surface area contributed by atoms with Crippen LogP contribution in [0.3, 0.4) is 0 Å². The summed E-state index contributed by atoms with van der Waals surface area (Å²) in [5, 5.41) is 8.76. The van der Waals surface area contributed by atoms with Crippen molar-refractivity contribution in [2.45, 2.75) is 10.8 Å². The topological polar surface area (TPSA) is 57.9 Å². The molecule has 1 rings (SSSR count). The van der Waals surface area contributed by atoms with Gasteiger partial charge in [0.1, 0.15) is 0 Å². The molecule has 80 valence electrons. The van der Waals surface area contributed by atoms with Crippen LogP contribution >= 0.6 is 38.2 Å². The molecule has 1 aromatic carbocycles. The molecule has 0 spiro atoms. The molecule has 0 aliphatic carbocycles. The minimum absolute atomic E-state index is 0.0315. The summed E-state index contributed by atoms with van der Waals surface area (Å²) < 4.78 is 22.5. The molecule has 0 atom stereocenters. The van der Waals surface area contributed by atoms with Gasteiger partial charge >= 0.3 is 0 Å². The summed E-state index contributed by atoms with van der Waals surface area (Å²) in [6, 6.07) is 4.55. The van der Waals surface area contributed by atoms with E-state index >= 15 is 0 Å². The Morgan fingerprint density at radius 3 is 2.47 bits per heavy atom. The standard InChI is InChI=1S/C8H4BrCl2NO2S/c9-8-6(3-10)5(4-12)1-2-7(8)15(11,13)14/h1-2H,3H2. The Bertz CT molecular complexity index is 536. The third-order valence-electron chi connectivity index (χ3n) is 1.72. The maximum absolute atomic E-state index is 11.1. The smallest absolute Gasteiger partial charge is 0.207 e. The minimum atomic E-state index is -3.83. The molecule has 0 aromatic heterocycles. The van der Waals surface area contributed by atoms with Crippen LogP contribution in [-0.4, -0.2) is 8.42 Å². The third-order valence-corrected chi connectivity index (χ3v) is 4.52. The van der Waals surface area contributed by atoms with Gasteiger partial charge in [-0.2, -0.15) is 5.26 Å². The number of alkyl halides is 1. The lowest BCUT2D eigenvalue weighted by atomic mass is 10.1. The molecular weight excluding hydrogens is 325 g/mol. The normalized spacial score (nSPS) is 11.1. The highest BCUT2D eigenvalue weighted by atomic mass is 79.9. The summed E-state index contributed by atoms with van der Waals surface area (Å²) in [5.74, 6) is 0.0315. The van der Waals surface area contributed by atoms with Crippen molar-refractivity contribution in [2.75, 3.05) is 0 Å². The van der Waals surface area contributed by atoms with E-state index in [-0.39, 0.29) is 15.2 Å². The fourth-order valence-electron chi connectivity index (χ4n) is 1.02. The monoisotopic (exact) mass is 327 g/mol. The van der Waals surface area contributed by atoms with Crippen molar-refractivity contribution in [2.24, 2.45) is 0 Å². The van der Waals surface area contributed by atoms with Gasteiger partial charge in [0.05, 0.1) is 16.5 Å². The van der Waals surface area contributed by atoms with Gasteiger partial charge in [0.2, 0.25) is 0 Å². The predicted octanol–water partition coefficient (Wildman–Crippen LogP) is 2.99. The molecule has 0 heterocycles. The summed E-state index contributed by atoms with van der Waals surface area (Å²) in [4.78, 5) is -0.0844. The molecule has 0 unspecified atom stereocenters. The first-order chi connectivity index (χ1) is 6.91. The lowest BCUT2D eigenvalue weighted by molar-refractivity contribution is 0.609. The van der Waals surface area contributed by atoms with E-state index in [0.717, 1.165) is 0 Å². The van der Waals surface area contributed by atoms with E-state index in [4.69, 9.17) is 27.5 Å². The molecule has 0 aliphatic heterocycles. The summed E-state index contributed by atoms with van der Waals surface area (Å²) in [7, 11) is 1.37. The van der Waals surface area contributed by atoms with Gasteiger partial charge in [0.15, 0.2) is 0 Å².